The summed E-state index contributed by atoms with van der Waals surface area (Å²) >= 11 is 13.6. The topological polar surface area (TPSA) is 49.4 Å². The van der Waals surface area contributed by atoms with E-state index in [2.05, 4.69) is 5.32 Å². The SMILES string of the molecule is CC(C)C[C@@H](NC(=O)c1ccc(Cl)cc1Cl)C(=O)N(C)Cc1ccsc1. The van der Waals surface area contributed by atoms with Crippen LogP contribution in [0.1, 0.15) is 36.2 Å². The molecule has 1 atom stereocenters. The minimum atomic E-state index is -0.613. The van der Waals surface area contributed by atoms with Crippen LogP contribution in [0, 0.1) is 5.92 Å². The molecule has 2 rings (SSSR count). The van der Waals surface area contributed by atoms with E-state index in [-0.39, 0.29) is 22.8 Å². The zero-order chi connectivity index (χ0) is 19.3. The zero-order valence-electron chi connectivity index (χ0n) is 15.0. The van der Waals surface area contributed by atoms with E-state index in [0.717, 1.165) is 5.56 Å². The van der Waals surface area contributed by atoms with Gasteiger partial charge in [0.15, 0.2) is 0 Å². The van der Waals surface area contributed by atoms with Crippen molar-refractivity contribution in [2.75, 3.05) is 7.05 Å². The summed E-state index contributed by atoms with van der Waals surface area (Å²) < 4.78 is 0. The van der Waals surface area contributed by atoms with Crippen LogP contribution < -0.4 is 5.32 Å². The number of benzene rings is 1. The van der Waals surface area contributed by atoms with Gasteiger partial charge in [-0.05, 0) is 52.9 Å². The van der Waals surface area contributed by atoms with Crippen LogP contribution in [-0.2, 0) is 11.3 Å². The van der Waals surface area contributed by atoms with Crippen LogP contribution in [0.5, 0.6) is 0 Å². The van der Waals surface area contributed by atoms with Crippen LogP contribution in [0.25, 0.3) is 0 Å². The van der Waals surface area contributed by atoms with Crippen molar-refractivity contribution in [3.63, 3.8) is 0 Å². The molecule has 4 nitrogen and oxygen atoms in total. The maximum absolute atomic E-state index is 12.9. The van der Waals surface area contributed by atoms with Gasteiger partial charge in [-0.2, -0.15) is 11.3 Å². The van der Waals surface area contributed by atoms with Gasteiger partial charge in [0.05, 0.1) is 10.6 Å². The molecule has 0 saturated carbocycles. The number of nitrogens with one attached hydrogen (secondary N) is 1. The lowest BCUT2D eigenvalue weighted by atomic mass is 10.0. The highest BCUT2D eigenvalue weighted by molar-refractivity contribution is 7.07. The van der Waals surface area contributed by atoms with Crippen molar-refractivity contribution in [3.05, 3.63) is 56.2 Å². The molecule has 0 unspecified atom stereocenters. The molecular weight excluding hydrogens is 391 g/mol. The molecule has 0 saturated heterocycles. The van der Waals surface area contributed by atoms with Crippen LogP contribution >= 0.6 is 34.5 Å². The number of hydrogen-bond donors (Lipinski definition) is 1. The summed E-state index contributed by atoms with van der Waals surface area (Å²) in [6.07, 6.45) is 0.545. The number of carbonyl (C=O) groups is 2. The maximum Gasteiger partial charge on any atom is 0.253 e. The van der Waals surface area contributed by atoms with Crippen molar-refractivity contribution in [3.8, 4) is 0 Å². The van der Waals surface area contributed by atoms with Crippen molar-refractivity contribution in [1.82, 2.24) is 10.2 Å². The molecule has 0 aliphatic heterocycles. The average Bonchev–Trinajstić information content (AvgIpc) is 3.05. The highest BCUT2D eigenvalue weighted by atomic mass is 35.5. The summed E-state index contributed by atoms with van der Waals surface area (Å²) in [4.78, 5) is 27.1. The molecule has 2 amide bonds. The van der Waals surface area contributed by atoms with E-state index in [1.54, 1.807) is 35.4 Å². The number of hydrogen-bond acceptors (Lipinski definition) is 3. The minimum Gasteiger partial charge on any atom is -0.340 e. The first-order valence-corrected chi connectivity index (χ1v) is 9.99. The summed E-state index contributed by atoms with van der Waals surface area (Å²) in [6, 6.07) is 6.05. The van der Waals surface area contributed by atoms with E-state index < -0.39 is 6.04 Å². The van der Waals surface area contributed by atoms with Gasteiger partial charge in [-0.25, -0.2) is 0 Å². The first-order valence-electron chi connectivity index (χ1n) is 8.30. The Morgan fingerprint density at radius 3 is 2.54 bits per heavy atom. The number of likely N-dealkylation sites (N-methyl/N-ethyl adjacent to an activating group) is 1. The predicted octanol–water partition coefficient (Wildman–Crippen LogP) is 4.86. The van der Waals surface area contributed by atoms with Crippen molar-refractivity contribution in [2.45, 2.75) is 32.9 Å². The Morgan fingerprint density at radius 2 is 1.96 bits per heavy atom. The summed E-state index contributed by atoms with van der Waals surface area (Å²) in [5.74, 6) is -0.252. The first-order chi connectivity index (χ1) is 12.3. The second-order valence-corrected chi connectivity index (χ2v) is 8.23. The van der Waals surface area contributed by atoms with Gasteiger partial charge in [-0.3, -0.25) is 9.59 Å². The van der Waals surface area contributed by atoms with E-state index >= 15 is 0 Å². The second-order valence-electron chi connectivity index (χ2n) is 6.61. The molecule has 7 heteroatoms. The third-order valence-electron chi connectivity index (χ3n) is 3.86. The minimum absolute atomic E-state index is 0.122. The molecule has 0 aliphatic rings. The highest BCUT2D eigenvalue weighted by Crippen LogP contribution is 2.21. The largest absolute Gasteiger partial charge is 0.340 e. The normalized spacial score (nSPS) is 12.1. The monoisotopic (exact) mass is 412 g/mol. The number of rotatable bonds is 7. The van der Waals surface area contributed by atoms with Gasteiger partial charge in [0, 0.05) is 18.6 Å². The van der Waals surface area contributed by atoms with E-state index in [0.29, 0.717) is 23.6 Å². The average molecular weight is 413 g/mol. The molecular formula is C19H22Cl2N2O2S. The standard InChI is InChI=1S/C19H22Cl2N2O2S/c1-12(2)8-17(19(25)23(3)10-13-6-7-26-11-13)22-18(24)15-5-4-14(20)9-16(15)21/h4-7,9,11-12,17H,8,10H2,1-3H3,(H,22,24)/t17-/m1/s1. The smallest absolute Gasteiger partial charge is 0.253 e. The highest BCUT2D eigenvalue weighted by Gasteiger charge is 2.26. The third-order valence-corrected chi connectivity index (χ3v) is 5.14. The molecule has 0 radical (unpaired) electrons. The molecule has 140 valence electrons. The second kappa shape index (κ2) is 9.40. The molecule has 1 aromatic carbocycles. The van der Waals surface area contributed by atoms with Gasteiger partial charge >= 0.3 is 0 Å². The van der Waals surface area contributed by atoms with E-state index in [1.807, 2.05) is 30.7 Å². The van der Waals surface area contributed by atoms with Gasteiger partial charge in [0.1, 0.15) is 6.04 Å². The molecule has 2 aromatic rings. The third kappa shape index (κ3) is 5.73. The van der Waals surface area contributed by atoms with Crippen LogP contribution in [0.15, 0.2) is 35.0 Å². The van der Waals surface area contributed by atoms with Crippen LogP contribution in [0.4, 0.5) is 0 Å². The Balaban J connectivity index is 2.12. The van der Waals surface area contributed by atoms with Crippen molar-refractivity contribution in [2.24, 2.45) is 5.92 Å². The lowest BCUT2D eigenvalue weighted by Crippen LogP contribution is -2.47. The van der Waals surface area contributed by atoms with Gasteiger partial charge in [0.25, 0.3) is 5.91 Å². The fraction of sp³-hybridized carbons (Fsp3) is 0.368. The molecule has 0 bridgehead atoms. The lowest BCUT2D eigenvalue weighted by molar-refractivity contribution is -0.132. The Bertz CT molecular complexity index is 763. The lowest BCUT2D eigenvalue weighted by Gasteiger charge is -2.26. The van der Waals surface area contributed by atoms with Gasteiger partial charge in [-0.1, -0.05) is 37.0 Å². The maximum atomic E-state index is 12.9. The molecule has 0 aliphatic carbocycles. The Labute approximate surface area is 168 Å². The fourth-order valence-corrected chi connectivity index (χ4v) is 3.76. The molecule has 0 spiro atoms. The number of carbonyl (C=O) groups excluding carboxylic acids is 2. The summed E-state index contributed by atoms with van der Waals surface area (Å²) in [7, 11) is 1.74. The Morgan fingerprint density at radius 1 is 1.23 bits per heavy atom. The predicted molar refractivity (Wildman–Crippen MR) is 108 cm³/mol. The Kier molecular flexibility index (Phi) is 7.50. The number of thiophene rings is 1. The van der Waals surface area contributed by atoms with Gasteiger partial charge < -0.3 is 10.2 Å². The Hall–Kier alpha value is -1.56. The molecule has 26 heavy (non-hydrogen) atoms. The molecule has 1 aromatic heterocycles. The van der Waals surface area contributed by atoms with E-state index in [9.17, 15) is 9.59 Å². The van der Waals surface area contributed by atoms with Crippen molar-refractivity contribution < 1.29 is 9.59 Å². The molecule has 1 N–H and O–H groups in total. The summed E-state index contributed by atoms with van der Waals surface area (Å²) in [5.41, 5.74) is 1.37. The summed E-state index contributed by atoms with van der Waals surface area (Å²) in [6.45, 7) is 4.54. The quantitative estimate of drug-likeness (QED) is 0.705. The van der Waals surface area contributed by atoms with E-state index in [4.69, 9.17) is 23.2 Å². The van der Waals surface area contributed by atoms with Crippen LogP contribution in [-0.4, -0.2) is 29.8 Å². The van der Waals surface area contributed by atoms with Crippen molar-refractivity contribution in [1.29, 1.82) is 0 Å². The van der Waals surface area contributed by atoms with Gasteiger partial charge in [0.2, 0.25) is 5.91 Å². The zero-order valence-corrected chi connectivity index (χ0v) is 17.3. The number of halogens is 2. The van der Waals surface area contributed by atoms with Gasteiger partial charge in [-0.15, -0.1) is 0 Å². The number of amides is 2. The first kappa shape index (κ1) is 20.7. The molecule has 1 heterocycles. The summed E-state index contributed by atoms with van der Waals surface area (Å²) in [5, 5.41) is 7.53. The number of nitrogens with zero attached hydrogens (tertiary/aromatic N) is 1. The van der Waals surface area contributed by atoms with Crippen LogP contribution in [0.2, 0.25) is 10.0 Å². The van der Waals surface area contributed by atoms with Crippen molar-refractivity contribution >= 4 is 46.4 Å². The molecule has 0 fully saturated rings. The fourth-order valence-electron chi connectivity index (χ4n) is 2.60. The van der Waals surface area contributed by atoms with E-state index in [1.165, 1.54) is 6.07 Å². The van der Waals surface area contributed by atoms with Crippen LogP contribution in [0.3, 0.4) is 0 Å².